The minimum atomic E-state index is -1.13. The molecule has 0 aliphatic heterocycles. The lowest BCUT2D eigenvalue weighted by Crippen LogP contribution is -2.07. The molecule has 0 aromatic heterocycles. The van der Waals surface area contributed by atoms with Crippen molar-refractivity contribution >= 4 is 27.9 Å². The first-order valence-corrected chi connectivity index (χ1v) is 8.19. The Kier molecular flexibility index (Phi) is 4.22. The predicted molar refractivity (Wildman–Crippen MR) is 89.7 cm³/mol. The van der Waals surface area contributed by atoms with Gasteiger partial charge < -0.3 is 10.2 Å². The third-order valence-corrected chi connectivity index (χ3v) is 5.09. The van der Waals surface area contributed by atoms with Gasteiger partial charge in [0.1, 0.15) is 0 Å². The molecule has 1 aliphatic carbocycles. The van der Waals surface area contributed by atoms with E-state index in [0.717, 1.165) is 12.0 Å². The SMILES string of the molecule is O=C(O)c1ccc(Cc2cccc(C3CC3Br)c2)c(C(=O)O)c1. The van der Waals surface area contributed by atoms with Crippen LogP contribution in [0.1, 0.15) is 49.7 Å². The van der Waals surface area contributed by atoms with Gasteiger partial charge in [-0.2, -0.15) is 0 Å². The van der Waals surface area contributed by atoms with Crippen LogP contribution in [0.5, 0.6) is 0 Å². The van der Waals surface area contributed by atoms with Gasteiger partial charge in [0.25, 0.3) is 0 Å². The van der Waals surface area contributed by atoms with Gasteiger partial charge in [0.15, 0.2) is 0 Å². The van der Waals surface area contributed by atoms with Crippen molar-refractivity contribution in [3.63, 3.8) is 0 Å². The fourth-order valence-electron chi connectivity index (χ4n) is 2.73. The van der Waals surface area contributed by atoms with E-state index in [4.69, 9.17) is 5.11 Å². The third-order valence-electron chi connectivity index (χ3n) is 4.07. The standard InChI is InChI=1S/C18H15BrO4/c19-16-9-14(16)11-3-1-2-10(6-11)7-12-4-5-13(17(20)21)8-15(12)18(22)23/h1-6,8,14,16H,7,9H2,(H,20,21)(H,22,23). The number of rotatable bonds is 5. The molecule has 0 bridgehead atoms. The summed E-state index contributed by atoms with van der Waals surface area (Å²) in [5, 5.41) is 18.3. The zero-order valence-electron chi connectivity index (χ0n) is 12.2. The van der Waals surface area contributed by atoms with E-state index in [0.29, 0.717) is 22.7 Å². The number of halogens is 1. The molecule has 0 spiro atoms. The van der Waals surface area contributed by atoms with Crippen LogP contribution in [0.2, 0.25) is 0 Å². The minimum absolute atomic E-state index is 0.0139. The van der Waals surface area contributed by atoms with Crippen LogP contribution in [0.15, 0.2) is 42.5 Å². The van der Waals surface area contributed by atoms with Crippen molar-refractivity contribution in [2.75, 3.05) is 0 Å². The first kappa shape index (κ1) is 15.7. The van der Waals surface area contributed by atoms with Gasteiger partial charge in [-0.1, -0.05) is 46.3 Å². The summed E-state index contributed by atoms with van der Waals surface area (Å²) >= 11 is 3.60. The molecule has 0 saturated heterocycles. The van der Waals surface area contributed by atoms with Crippen LogP contribution in [-0.2, 0) is 6.42 Å². The van der Waals surface area contributed by atoms with Gasteiger partial charge in [-0.15, -0.1) is 0 Å². The maximum Gasteiger partial charge on any atom is 0.336 e. The number of carboxylic acid groups (broad SMARTS) is 2. The summed E-state index contributed by atoms with van der Waals surface area (Å²) in [5.74, 6) is -1.71. The molecular formula is C18H15BrO4. The molecule has 2 unspecified atom stereocenters. The Morgan fingerprint density at radius 2 is 1.83 bits per heavy atom. The lowest BCUT2D eigenvalue weighted by Gasteiger charge is -2.09. The van der Waals surface area contributed by atoms with Crippen LogP contribution < -0.4 is 0 Å². The summed E-state index contributed by atoms with van der Waals surface area (Å²) in [6.45, 7) is 0. The Labute approximate surface area is 141 Å². The van der Waals surface area contributed by atoms with Gasteiger partial charge >= 0.3 is 11.9 Å². The Bertz CT molecular complexity index is 784. The molecule has 1 saturated carbocycles. The van der Waals surface area contributed by atoms with Gasteiger partial charge in [-0.25, -0.2) is 9.59 Å². The first-order valence-electron chi connectivity index (χ1n) is 7.28. The molecule has 2 aromatic carbocycles. The molecule has 1 aliphatic rings. The van der Waals surface area contributed by atoms with E-state index < -0.39 is 11.9 Å². The van der Waals surface area contributed by atoms with E-state index in [-0.39, 0.29) is 11.1 Å². The minimum Gasteiger partial charge on any atom is -0.478 e. The van der Waals surface area contributed by atoms with Crippen LogP contribution in [-0.4, -0.2) is 27.0 Å². The average molecular weight is 375 g/mol. The third kappa shape index (κ3) is 3.45. The van der Waals surface area contributed by atoms with Crippen molar-refractivity contribution in [2.45, 2.75) is 23.6 Å². The monoisotopic (exact) mass is 374 g/mol. The Morgan fingerprint density at radius 3 is 2.43 bits per heavy atom. The molecule has 23 heavy (non-hydrogen) atoms. The van der Waals surface area contributed by atoms with Gasteiger partial charge in [0.05, 0.1) is 11.1 Å². The lowest BCUT2D eigenvalue weighted by atomic mass is 9.96. The van der Waals surface area contributed by atoms with E-state index in [1.165, 1.54) is 17.7 Å². The van der Waals surface area contributed by atoms with Crippen LogP contribution in [0, 0.1) is 0 Å². The second-order valence-electron chi connectivity index (χ2n) is 5.76. The molecule has 2 atom stereocenters. The van der Waals surface area contributed by atoms with Crippen molar-refractivity contribution in [1.82, 2.24) is 0 Å². The molecule has 2 N–H and O–H groups in total. The van der Waals surface area contributed by atoms with Gasteiger partial charge in [-0.05, 0) is 47.6 Å². The summed E-state index contributed by atoms with van der Waals surface area (Å²) < 4.78 is 0. The van der Waals surface area contributed by atoms with E-state index in [9.17, 15) is 14.7 Å². The highest BCUT2D eigenvalue weighted by Gasteiger charge is 2.35. The number of benzene rings is 2. The van der Waals surface area contributed by atoms with Crippen molar-refractivity contribution in [3.05, 3.63) is 70.3 Å². The average Bonchev–Trinajstić information content (AvgIpc) is 3.24. The van der Waals surface area contributed by atoms with Gasteiger partial charge in [0.2, 0.25) is 0 Å². The largest absolute Gasteiger partial charge is 0.478 e. The van der Waals surface area contributed by atoms with E-state index in [2.05, 4.69) is 28.1 Å². The molecule has 4 nitrogen and oxygen atoms in total. The zero-order valence-corrected chi connectivity index (χ0v) is 13.8. The maximum absolute atomic E-state index is 11.4. The van der Waals surface area contributed by atoms with Crippen LogP contribution in [0.3, 0.4) is 0 Å². The molecule has 118 valence electrons. The molecule has 0 heterocycles. The van der Waals surface area contributed by atoms with Crippen LogP contribution in [0.4, 0.5) is 0 Å². The summed E-state index contributed by atoms with van der Waals surface area (Å²) in [4.78, 5) is 23.0. The van der Waals surface area contributed by atoms with Crippen LogP contribution >= 0.6 is 15.9 Å². The molecule has 0 radical (unpaired) electrons. The topological polar surface area (TPSA) is 74.6 Å². The Morgan fingerprint density at radius 1 is 1.09 bits per heavy atom. The van der Waals surface area contributed by atoms with Crippen molar-refractivity contribution in [1.29, 1.82) is 0 Å². The van der Waals surface area contributed by atoms with Gasteiger partial charge in [0, 0.05) is 4.83 Å². The fraction of sp³-hybridized carbons (Fsp3) is 0.222. The number of hydrogen-bond acceptors (Lipinski definition) is 2. The van der Waals surface area contributed by atoms with Crippen molar-refractivity contribution < 1.29 is 19.8 Å². The molecule has 3 rings (SSSR count). The number of aromatic carboxylic acids is 2. The maximum atomic E-state index is 11.4. The van der Waals surface area contributed by atoms with E-state index >= 15 is 0 Å². The summed E-state index contributed by atoms with van der Waals surface area (Å²) in [5.41, 5.74) is 2.93. The first-order chi connectivity index (χ1) is 11.0. The highest BCUT2D eigenvalue weighted by molar-refractivity contribution is 9.09. The van der Waals surface area contributed by atoms with E-state index in [1.807, 2.05) is 12.1 Å². The highest BCUT2D eigenvalue weighted by atomic mass is 79.9. The zero-order chi connectivity index (χ0) is 16.6. The second kappa shape index (κ2) is 6.16. The van der Waals surface area contributed by atoms with E-state index in [1.54, 1.807) is 6.07 Å². The summed E-state index contributed by atoms with van der Waals surface area (Å²) in [6.07, 6.45) is 1.59. The molecule has 5 heteroatoms. The van der Waals surface area contributed by atoms with Crippen molar-refractivity contribution in [2.24, 2.45) is 0 Å². The fourth-order valence-corrected chi connectivity index (χ4v) is 3.43. The summed E-state index contributed by atoms with van der Waals surface area (Å²) in [6, 6.07) is 12.4. The Hall–Kier alpha value is -2.14. The number of alkyl halides is 1. The normalized spacial score (nSPS) is 19.3. The smallest absolute Gasteiger partial charge is 0.336 e. The van der Waals surface area contributed by atoms with Crippen LogP contribution in [0.25, 0.3) is 0 Å². The lowest BCUT2D eigenvalue weighted by molar-refractivity contribution is 0.0695. The number of hydrogen-bond donors (Lipinski definition) is 2. The summed E-state index contributed by atoms with van der Waals surface area (Å²) in [7, 11) is 0. The number of carboxylic acids is 2. The van der Waals surface area contributed by atoms with Gasteiger partial charge in [-0.3, -0.25) is 0 Å². The number of carbonyl (C=O) groups is 2. The molecule has 2 aromatic rings. The highest BCUT2D eigenvalue weighted by Crippen LogP contribution is 2.46. The molecule has 1 fully saturated rings. The quantitative estimate of drug-likeness (QED) is 0.777. The molecular weight excluding hydrogens is 360 g/mol. The second-order valence-corrected chi connectivity index (χ2v) is 6.94. The predicted octanol–water partition coefficient (Wildman–Crippen LogP) is 3.92. The molecule has 0 amide bonds. The Balaban J connectivity index is 1.90. The van der Waals surface area contributed by atoms with Crippen molar-refractivity contribution in [3.8, 4) is 0 Å².